The van der Waals surface area contributed by atoms with Gasteiger partial charge in [-0.3, -0.25) is 9.59 Å². The van der Waals surface area contributed by atoms with Gasteiger partial charge >= 0.3 is 0 Å². The lowest BCUT2D eigenvalue weighted by atomic mass is 10.1. The first-order valence-electron chi connectivity index (χ1n) is 7.03. The van der Waals surface area contributed by atoms with Crippen molar-refractivity contribution in [1.82, 2.24) is 10.6 Å². The standard InChI is InChI=1S/C14H28N2O3/c1-11(2)8-13(17)15-6-5-7-19-10-14(18)16-9-12(3)4/h11-12H,5-10H2,1-4H3,(H,15,17)(H,16,18). The average Bonchev–Trinajstić information content (AvgIpc) is 2.30. The van der Waals surface area contributed by atoms with Gasteiger partial charge < -0.3 is 15.4 Å². The number of amides is 2. The molecule has 0 radical (unpaired) electrons. The predicted molar refractivity (Wildman–Crippen MR) is 75.7 cm³/mol. The Morgan fingerprint density at radius 1 is 1.00 bits per heavy atom. The van der Waals surface area contributed by atoms with Gasteiger partial charge in [0.1, 0.15) is 6.61 Å². The number of rotatable bonds is 10. The second-order valence-corrected chi connectivity index (χ2v) is 5.55. The summed E-state index contributed by atoms with van der Waals surface area (Å²) in [5.74, 6) is 0.809. The minimum Gasteiger partial charge on any atom is -0.372 e. The van der Waals surface area contributed by atoms with Crippen LogP contribution in [-0.2, 0) is 14.3 Å². The zero-order chi connectivity index (χ0) is 14.7. The molecular formula is C14H28N2O3. The van der Waals surface area contributed by atoms with Crippen molar-refractivity contribution in [2.75, 3.05) is 26.3 Å². The summed E-state index contributed by atoms with van der Waals surface area (Å²) in [7, 11) is 0. The molecule has 5 nitrogen and oxygen atoms in total. The molecule has 2 N–H and O–H groups in total. The Morgan fingerprint density at radius 2 is 1.68 bits per heavy atom. The molecule has 0 heterocycles. The smallest absolute Gasteiger partial charge is 0.246 e. The summed E-state index contributed by atoms with van der Waals surface area (Å²) < 4.78 is 5.23. The van der Waals surface area contributed by atoms with E-state index in [1.807, 2.05) is 27.7 Å². The van der Waals surface area contributed by atoms with Crippen LogP contribution in [0.25, 0.3) is 0 Å². The predicted octanol–water partition coefficient (Wildman–Crippen LogP) is 1.33. The van der Waals surface area contributed by atoms with E-state index in [1.165, 1.54) is 0 Å². The molecule has 0 spiro atoms. The van der Waals surface area contributed by atoms with Crippen LogP contribution < -0.4 is 10.6 Å². The van der Waals surface area contributed by atoms with Crippen LogP contribution in [-0.4, -0.2) is 38.1 Å². The van der Waals surface area contributed by atoms with Crippen LogP contribution >= 0.6 is 0 Å². The summed E-state index contributed by atoms with van der Waals surface area (Å²) in [6.07, 6.45) is 1.28. The van der Waals surface area contributed by atoms with Crippen LogP contribution in [0.3, 0.4) is 0 Å². The van der Waals surface area contributed by atoms with E-state index >= 15 is 0 Å². The largest absolute Gasteiger partial charge is 0.372 e. The minimum atomic E-state index is -0.0856. The van der Waals surface area contributed by atoms with Crippen LogP contribution in [0.2, 0.25) is 0 Å². The van der Waals surface area contributed by atoms with Gasteiger partial charge in [0.15, 0.2) is 0 Å². The van der Waals surface area contributed by atoms with Gasteiger partial charge in [0.05, 0.1) is 0 Å². The van der Waals surface area contributed by atoms with Gasteiger partial charge in [0.25, 0.3) is 0 Å². The fourth-order valence-corrected chi connectivity index (χ4v) is 1.38. The molecule has 0 rings (SSSR count). The van der Waals surface area contributed by atoms with Crippen molar-refractivity contribution in [2.45, 2.75) is 40.5 Å². The molecule has 0 unspecified atom stereocenters. The van der Waals surface area contributed by atoms with Crippen molar-refractivity contribution in [2.24, 2.45) is 11.8 Å². The van der Waals surface area contributed by atoms with Crippen LogP contribution in [0.5, 0.6) is 0 Å². The molecule has 0 fully saturated rings. The number of hydrogen-bond donors (Lipinski definition) is 2. The molecular weight excluding hydrogens is 244 g/mol. The van der Waals surface area contributed by atoms with Gasteiger partial charge in [0, 0.05) is 26.1 Å². The Kier molecular flexibility index (Phi) is 10.2. The third-order valence-corrected chi connectivity index (χ3v) is 2.32. The van der Waals surface area contributed by atoms with E-state index < -0.39 is 0 Å². The van der Waals surface area contributed by atoms with Crippen molar-refractivity contribution >= 4 is 11.8 Å². The topological polar surface area (TPSA) is 67.4 Å². The Morgan fingerprint density at radius 3 is 2.26 bits per heavy atom. The maximum atomic E-state index is 11.3. The summed E-state index contributed by atoms with van der Waals surface area (Å²) in [4.78, 5) is 22.6. The quantitative estimate of drug-likeness (QED) is 0.590. The van der Waals surface area contributed by atoms with Gasteiger partial charge in [-0.1, -0.05) is 27.7 Å². The number of carbonyl (C=O) groups is 2. The summed E-state index contributed by atoms with van der Waals surface area (Å²) >= 11 is 0. The highest BCUT2D eigenvalue weighted by atomic mass is 16.5. The summed E-state index contributed by atoms with van der Waals surface area (Å²) in [5.41, 5.74) is 0. The van der Waals surface area contributed by atoms with Crippen LogP contribution in [0.4, 0.5) is 0 Å². The van der Waals surface area contributed by atoms with E-state index in [2.05, 4.69) is 10.6 Å². The third-order valence-electron chi connectivity index (χ3n) is 2.32. The minimum absolute atomic E-state index is 0.0738. The van der Waals surface area contributed by atoms with Gasteiger partial charge in [-0.15, -0.1) is 0 Å². The highest BCUT2D eigenvalue weighted by Gasteiger charge is 2.04. The maximum absolute atomic E-state index is 11.3. The van der Waals surface area contributed by atoms with Gasteiger partial charge in [-0.25, -0.2) is 0 Å². The normalized spacial score (nSPS) is 10.8. The fraction of sp³-hybridized carbons (Fsp3) is 0.857. The van der Waals surface area contributed by atoms with E-state index in [4.69, 9.17) is 4.74 Å². The van der Waals surface area contributed by atoms with Gasteiger partial charge in [-0.2, -0.15) is 0 Å². The molecule has 0 aliphatic carbocycles. The molecule has 0 saturated carbocycles. The molecule has 0 bridgehead atoms. The van der Waals surface area contributed by atoms with Crippen molar-refractivity contribution in [1.29, 1.82) is 0 Å². The molecule has 0 aromatic carbocycles. The van der Waals surface area contributed by atoms with E-state index in [-0.39, 0.29) is 18.4 Å². The molecule has 0 saturated heterocycles. The monoisotopic (exact) mass is 272 g/mol. The average molecular weight is 272 g/mol. The Hall–Kier alpha value is -1.10. The molecule has 0 aromatic heterocycles. The van der Waals surface area contributed by atoms with E-state index in [0.717, 1.165) is 6.42 Å². The van der Waals surface area contributed by atoms with E-state index in [1.54, 1.807) is 0 Å². The molecule has 2 amide bonds. The molecule has 0 aliphatic rings. The van der Waals surface area contributed by atoms with Crippen LogP contribution in [0.15, 0.2) is 0 Å². The first-order valence-corrected chi connectivity index (χ1v) is 7.03. The SMILES string of the molecule is CC(C)CNC(=O)COCCCNC(=O)CC(C)C. The van der Waals surface area contributed by atoms with Crippen molar-refractivity contribution in [3.8, 4) is 0 Å². The highest BCUT2D eigenvalue weighted by molar-refractivity contribution is 5.77. The lowest BCUT2D eigenvalue weighted by Gasteiger charge is -2.09. The number of hydrogen-bond acceptors (Lipinski definition) is 3. The maximum Gasteiger partial charge on any atom is 0.246 e. The third kappa shape index (κ3) is 13.1. The summed E-state index contributed by atoms with van der Waals surface area (Å²) in [6.45, 7) is 9.95. The highest BCUT2D eigenvalue weighted by Crippen LogP contribution is 1.97. The fourth-order valence-electron chi connectivity index (χ4n) is 1.38. The van der Waals surface area contributed by atoms with Crippen molar-refractivity contribution in [3.63, 3.8) is 0 Å². The van der Waals surface area contributed by atoms with Gasteiger partial charge in [0.2, 0.25) is 11.8 Å². The summed E-state index contributed by atoms with van der Waals surface area (Å²) in [6, 6.07) is 0. The Labute approximate surface area is 116 Å². The number of ether oxygens (including phenoxy) is 1. The van der Waals surface area contributed by atoms with Gasteiger partial charge in [-0.05, 0) is 18.3 Å². The molecule has 0 atom stereocenters. The molecule has 19 heavy (non-hydrogen) atoms. The summed E-state index contributed by atoms with van der Waals surface area (Å²) in [5, 5.41) is 5.60. The molecule has 0 aliphatic heterocycles. The molecule has 0 aromatic rings. The van der Waals surface area contributed by atoms with Crippen molar-refractivity contribution in [3.05, 3.63) is 0 Å². The Bertz CT molecular complexity index is 265. The molecule has 5 heteroatoms. The molecule has 112 valence electrons. The zero-order valence-electron chi connectivity index (χ0n) is 12.6. The number of carbonyl (C=O) groups excluding carboxylic acids is 2. The second-order valence-electron chi connectivity index (χ2n) is 5.55. The zero-order valence-corrected chi connectivity index (χ0v) is 12.6. The van der Waals surface area contributed by atoms with Crippen LogP contribution in [0, 0.1) is 11.8 Å². The van der Waals surface area contributed by atoms with Crippen LogP contribution in [0.1, 0.15) is 40.5 Å². The first kappa shape index (κ1) is 17.9. The number of nitrogens with one attached hydrogen (secondary N) is 2. The van der Waals surface area contributed by atoms with Crippen molar-refractivity contribution < 1.29 is 14.3 Å². The van der Waals surface area contributed by atoms with E-state index in [0.29, 0.717) is 38.0 Å². The first-order chi connectivity index (χ1) is 8.91. The lowest BCUT2D eigenvalue weighted by Crippen LogP contribution is -2.31. The Balaban J connectivity index is 3.35. The van der Waals surface area contributed by atoms with E-state index in [9.17, 15) is 9.59 Å². The lowest BCUT2D eigenvalue weighted by molar-refractivity contribution is -0.126. The second kappa shape index (κ2) is 10.8.